The van der Waals surface area contributed by atoms with Crippen LogP contribution in [0.25, 0.3) is 10.2 Å². The van der Waals surface area contributed by atoms with Crippen LogP contribution in [0, 0.1) is 6.92 Å². The number of carbonyl (C=O) groups excluding carboxylic acids is 1. The predicted octanol–water partition coefficient (Wildman–Crippen LogP) is 3.36. The molecular weight excluding hydrogens is 322 g/mol. The normalized spacial score (nSPS) is 14.0. The van der Waals surface area contributed by atoms with Crippen molar-refractivity contribution in [1.82, 2.24) is 14.5 Å². The van der Waals surface area contributed by atoms with E-state index in [4.69, 9.17) is 4.98 Å². The van der Waals surface area contributed by atoms with Crippen LogP contribution in [0.15, 0.2) is 4.79 Å². The molecule has 0 fully saturated rings. The maximum absolute atomic E-state index is 12.9. The third kappa shape index (κ3) is 2.88. The summed E-state index contributed by atoms with van der Waals surface area (Å²) in [5.41, 5.74) is 0.826. The number of thiophene rings is 1. The van der Waals surface area contributed by atoms with Gasteiger partial charge >= 0.3 is 0 Å². The van der Waals surface area contributed by atoms with Crippen molar-refractivity contribution in [3.63, 3.8) is 0 Å². The van der Waals surface area contributed by atoms with Gasteiger partial charge in [0.05, 0.1) is 10.3 Å². The number of fused-ring (bicyclic) bond motifs is 2. The van der Waals surface area contributed by atoms with E-state index in [0.29, 0.717) is 16.8 Å². The van der Waals surface area contributed by atoms with Gasteiger partial charge in [0.1, 0.15) is 10.7 Å². The highest BCUT2D eigenvalue weighted by Gasteiger charge is 2.24. The first kappa shape index (κ1) is 17.1. The molecule has 0 spiro atoms. The fourth-order valence-electron chi connectivity index (χ4n) is 3.33. The number of hydrogen-bond donors (Lipinski definition) is 0. The van der Waals surface area contributed by atoms with Crippen molar-refractivity contribution in [2.75, 3.05) is 13.1 Å². The largest absolute Gasteiger partial charge is 0.338 e. The van der Waals surface area contributed by atoms with E-state index in [1.54, 1.807) is 4.57 Å². The van der Waals surface area contributed by atoms with Crippen molar-refractivity contribution in [2.45, 2.75) is 59.4 Å². The zero-order valence-corrected chi connectivity index (χ0v) is 15.5. The molecule has 0 bridgehead atoms. The molecule has 3 heterocycles. The van der Waals surface area contributed by atoms with Crippen LogP contribution in [0.5, 0.6) is 0 Å². The van der Waals surface area contributed by atoms with E-state index < -0.39 is 0 Å². The minimum atomic E-state index is 0.0270. The Morgan fingerprint density at radius 1 is 1.33 bits per heavy atom. The van der Waals surface area contributed by atoms with Gasteiger partial charge in [-0.3, -0.25) is 14.2 Å². The van der Waals surface area contributed by atoms with E-state index in [9.17, 15) is 9.59 Å². The summed E-state index contributed by atoms with van der Waals surface area (Å²) in [7, 11) is 0. The molecule has 0 atom stereocenters. The van der Waals surface area contributed by atoms with E-state index in [2.05, 4.69) is 6.92 Å². The smallest absolute Gasteiger partial charge is 0.264 e. The molecule has 5 nitrogen and oxygen atoms in total. The van der Waals surface area contributed by atoms with Gasteiger partial charge in [0, 0.05) is 26.1 Å². The number of nitrogens with zero attached hydrogens (tertiary/aromatic N) is 3. The number of aromatic nitrogens is 2. The van der Waals surface area contributed by atoms with Crippen LogP contribution in [-0.2, 0) is 13.0 Å². The fraction of sp³-hybridized carbons (Fsp3) is 0.611. The molecule has 130 valence electrons. The van der Waals surface area contributed by atoms with Gasteiger partial charge in [-0.1, -0.05) is 13.3 Å². The van der Waals surface area contributed by atoms with Crippen molar-refractivity contribution < 1.29 is 4.79 Å². The number of hydrogen-bond acceptors (Lipinski definition) is 4. The van der Waals surface area contributed by atoms with Crippen molar-refractivity contribution >= 4 is 27.5 Å². The monoisotopic (exact) mass is 347 g/mol. The van der Waals surface area contributed by atoms with Gasteiger partial charge in [0.25, 0.3) is 11.5 Å². The minimum Gasteiger partial charge on any atom is -0.338 e. The number of amides is 1. The molecule has 0 saturated carbocycles. The molecule has 3 rings (SSSR count). The van der Waals surface area contributed by atoms with Crippen molar-refractivity contribution in [3.8, 4) is 0 Å². The molecular formula is C18H25N3O2S. The lowest BCUT2D eigenvalue weighted by atomic mass is 10.1. The maximum atomic E-state index is 12.9. The lowest BCUT2D eigenvalue weighted by Gasteiger charge is -2.20. The summed E-state index contributed by atoms with van der Waals surface area (Å²) in [6, 6.07) is 0. The lowest BCUT2D eigenvalue weighted by molar-refractivity contribution is 0.0766. The molecule has 24 heavy (non-hydrogen) atoms. The lowest BCUT2D eigenvalue weighted by Crippen LogP contribution is -2.31. The van der Waals surface area contributed by atoms with E-state index in [0.717, 1.165) is 61.4 Å². The average molecular weight is 347 g/mol. The van der Waals surface area contributed by atoms with E-state index >= 15 is 0 Å². The average Bonchev–Trinajstić information content (AvgIpc) is 2.92. The zero-order valence-electron chi connectivity index (χ0n) is 14.7. The molecule has 2 aromatic heterocycles. The Morgan fingerprint density at radius 2 is 2.12 bits per heavy atom. The molecule has 0 saturated heterocycles. The molecule has 0 aliphatic carbocycles. The first-order valence-electron chi connectivity index (χ1n) is 8.90. The van der Waals surface area contributed by atoms with Crippen LogP contribution < -0.4 is 5.56 Å². The third-order valence-electron chi connectivity index (χ3n) is 4.81. The van der Waals surface area contributed by atoms with Gasteiger partial charge in [-0.25, -0.2) is 4.98 Å². The van der Waals surface area contributed by atoms with Crippen LogP contribution in [0.2, 0.25) is 0 Å². The highest BCUT2D eigenvalue weighted by atomic mass is 32.1. The third-order valence-corrected chi connectivity index (χ3v) is 5.98. The van der Waals surface area contributed by atoms with E-state index in [1.165, 1.54) is 11.3 Å². The summed E-state index contributed by atoms with van der Waals surface area (Å²) in [4.78, 5) is 33.7. The molecule has 1 amide bonds. The topological polar surface area (TPSA) is 55.2 Å². The maximum Gasteiger partial charge on any atom is 0.264 e. The molecule has 0 aromatic carbocycles. The zero-order chi connectivity index (χ0) is 17.3. The van der Waals surface area contributed by atoms with E-state index in [1.807, 2.05) is 18.7 Å². The highest BCUT2D eigenvalue weighted by Crippen LogP contribution is 2.29. The van der Waals surface area contributed by atoms with Crippen LogP contribution >= 0.6 is 11.3 Å². The first-order valence-corrected chi connectivity index (χ1v) is 9.72. The van der Waals surface area contributed by atoms with Crippen molar-refractivity contribution in [2.24, 2.45) is 0 Å². The van der Waals surface area contributed by atoms with Gasteiger partial charge in [0.2, 0.25) is 0 Å². The van der Waals surface area contributed by atoms with Crippen LogP contribution in [0.1, 0.15) is 60.6 Å². The molecule has 6 heteroatoms. The Bertz CT molecular complexity index is 822. The Labute approximate surface area is 146 Å². The first-order chi connectivity index (χ1) is 11.6. The summed E-state index contributed by atoms with van der Waals surface area (Å²) in [5.74, 6) is 0.908. The summed E-state index contributed by atoms with van der Waals surface area (Å²) in [6.07, 6.45) is 5.01. The quantitative estimate of drug-likeness (QED) is 0.833. The Hall–Kier alpha value is -1.69. The number of carbonyl (C=O) groups is 1. The Balaban J connectivity index is 2.07. The second-order valence-corrected chi connectivity index (χ2v) is 7.42. The van der Waals surface area contributed by atoms with Crippen LogP contribution in [0.3, 0.4) is 0 Å². The number of aryl methyl sites for hydroxylation is 2. The van der Waals surface area contributed by atoms with Gasteiger partial charge in [-0.05, 0) is 38.7 Å². The highest BCUT2D eigenvalue weighted by molar-refractivity contribution is 7.20. The molecule has 0 N–H and O–H groups in total. The molecule has 2 aromatic rings. The van der Waals surface area contributed by atoms with Gasteiger partial charge in [-0.15, -0.1) is 11.3 Å². The Morgan fingerprint density at radius 3 is 2.83 bits per heavy atom. The standard InChI is InChI=1S/C18H25N3O2S/c1-4-6-10-20(5-2)18(23)15-12(3)14-16(24-15)19-13-9-7-8-11-21(13)17(14)22/h4-11H2,1-3H3. The summed E-state index contributed by atoms with van der Waals surface area (Å²) >= 11 is 1.38. The van der Waals surface area contributed by atoms with Crippen molar-refractivity contribution in [1.29, 1.82) is 0 Å². The number of rotatable bonds is 5. The molecule has 1 aliphatic rings. The predicted molar refractivity (Wildman–Crippen MR) is 98.0 cm³/mol. The summed E-state index contributed by atoms with van der Waals surface area (Å²) in [5, 5.41) is 0.639. The second-order valence-electron chi connectivity index (χ2n) is 6.42. The Kier molecular flexibility index (Phi) is 5.04. The summed E-state index contributed by atoms with van der Waals surface area (Å²) < 4.78 is 1.80. The van der Waals surface area contributed by atoms with Gasteiger partial charge in [0.15, 0.2) is 0 Å². The SMILES string of the molecule is CCCCN(CC)C(=O)c1sc2nc3n(c(=O)c2c1C)CCCC3. The van der Waals surface area contributed by atoms with Gasteiger partial charge in [-0.2, -0.15) is 0 Å². The second kappa shape index (κ2) is 7.05. The van der Waals surface area contributed by atoms with E-state index in [-0.39, 0.29) is 11.5 Å². The summed E-state index contributed by atoms with van der Waals surface area (Å²) in [6.45, 7) is 8.21. The molecule has 0 radical (unpaired) electrons. The van der Waals surface area contributed by atoms with Gasteiger partial charge < -0.3 is 4.90 Å². The molecule has 0 unspecified atom stereocenters. The minimum absolute atomic E-state index is 0.0270. The fourth-order valence-corrected chi connectivity index (χ4v) is 4.49. The van der Waals surface area contributed by atoms with Crippen LogP contribution in [-0.4, -0.2) is 33.4 Å². The van der Waals surface area contributed by atoms with Crippen molar-refractivity contribution in [3.05, 3.63) is 26.6 Å². The number of unbranched alkanes of at least 4 members (excludes halogenated alkanes) is 1. The van der Waals surface area contributed by atoms with Crippen LogP contribution in [0.4, 0.5) is 0 Å². The molecule has 1 aliphatic heterocycles.